The molecule has 0 spiro atoms. The van der Waals surface area contributed by atoms with Crippen molar-refractivity contribution in [2.45, 2.75) is 13.5 Å². The number of amides is 2. The summed E-state index contributed by atoms with van der Waals surface area (Å²) in [5.41, 5.74) is 0.907. The fourth-order valence-corrected chi connectivity index (χ4v) is 1.23. The maximum Gasteiger partial charge on any atom is 0.407 e. The SMILES string of the molecule is CCN(C)C(=O)CNC(=O)OCc1ccccc1. The molecule has 0 aromatic heterocycles. The van der Waals surface area contributed by atoms with Crippen LogP contribution in [-0.4, -0.2) is 37.0 Å². The number of hydrogen-bond donors (Lipinski definition) is 1. The van der Waals surface area contributed by atoms with Gasteiger partial charge in [-0.05, 0) is 12.5 Å². The van der Waals surface area contributed by atoms with E-state index in [0.717, 1.165) is 5.56 Å². The molecule has 0 bridgehead atoms. The molecule has 0 heterocycles. The van der Waals surface area contributed by atoms with Gasteiger partial charge in [-0.3, -0.25) is 4.79 Å². The molecule has 18 heavy (non-hydrogen) atoms. The Morgan fingerprint density at radius 2 is 1.94 bits per heavy atom. The van der Waals surface area contributed by atoms with E-state index in [1.807, 2.05) is 37.3 Å². The normalized spacial score (nSPS) is 9.67. The van der Waals surface area contributed by atoms with E-state index in [0.29, 0.717) is 6.54 Å². The molecule has 1 N–H and O–H groups in total. The first-order valence-electron chi connectivity index (χ1n) is 5.82. The first-order valence-corrected chi connectivity index (χ1v) is 5.82. The summed E-state index contributed by atoms with van der Waals surface area (Å²) in [4.78, 5) is 24.3. The van der Waals surface area contributed by atoms with Crippen molar-refractivity contribution < 1.29 is 14.3 Å². The van der Waals surface area contributed by atoms with E-state index < -0.39 is 6.09 Å². The molecule has 0 aliphatic carbocycles. The standard InChI is InChI=1S/C13H18N2O3/c1-3-15(2)12(16)9-14-13(17)18-10-11-7-5-4-6-8-11/h4-8H,3,9-10H2,1-2H3,(H,14,17). The topological polar surface area (TPSA) is 58.6 Å². The molecule has 0 unspecified atom stereocenters. The second kappa shape index (κ2) is 7.32. The lowest BCUT2D eigenvalue weighted by Gasteiger charge is -2.14. The monoisotopic (exact) mass is 250 g/mol. The van der Waals surface area contributed by atoms with Crippen LogP contribution in [0, 0.1) is 0 Å². The number of benzene rings is 1. The van der Waals surface area contributed by atoms with Crippen molar-refractivity contribution in [3.05, 3.63) is 35.9 Å². The highest BCUT2D eigenvalue weighted by Gasteiger charge is 2.09. The number of rotatable bonds is 5. The van der Waals surface area contributed by atoms with Crippen LogP contribution in [-0.2, 0) is 16.1 Å². The van der Waals surface area contributed by atoms with Crippen LogP contribution in [0.15, 0.2) is 30.3 Å². The van der Waals surface area contributed by atoms with E-state index in [1.54, 1.807) is 7.05 Å². The number of hydrogen-bond acceptors (Lipinski definition) is 3. The third kappa shape index (κ3) is 4.86. The van der Waals surface area contributed by atoms with Crippen molar-refractivity contribution in [2.75, 3.05) is 20.1 Å². The van der Waals surface area contributed by atoms with E-state index in [9.17, 15) is 9.59 Å². The number of carbonyl (C=O) groups excluding carboxylic acids is 2. The maximum absolute atomic E-state index is 11.4. The van der Waals surface area contributed by atoms with E-state index in [2.05, 4.69) is 5.32 Å². The van der Waals surface area contributed by atoms with Gasteiger partial charge in [0.2, 0.25) is 5.91 Å². The van der Waals surface area contributed by atoms with Crippen molar-refractivity contribution in [1.82, 2.24) is 10.2 Å². The Labute approximate surface area is 107 Å². The van der Waals surface area contributed by atoms with Crippen LogP contribution in [0.3, 0.4) is 0 Å². The number of carbonyl (C=O) groups is 2. The van der Waals surface area contributed by atoms with Crippen LogP contribution in [0.25, 0.3) is 0 Å². The molecule has 0 atom stereocenters. The zero-order valence-corrected chi connectivity index (χ0v) is 10.7. The van der Waals surface area contributed by atoms with Gasteiger partial charge in [0.25, 0.3) is 0 Å². The minimum absolute atomic E-state index is 0.0437. The van der Waals surface area contributed by atoms with Crippen LogP contribution >= 0.6 is 0 Å². The number of nitrogens with one attached hydrogen (secondary N) is 1. The molecule has 1 rings (SSSR count). The molecule has 0 aliphatic rings. The van der Waals surface area contributed by atoms with Crippen molar-refractivity contribution in [1.29, 1.82) is 0 Å². The van der Waals surface area contributed by atoms with Crippen LogP contribution in [0.5, 0.6) is 0 Å². The quantitative estimate of drug-likeness (QED) is 0.859. The van der Waals surface area contributed by atoms with Gasteiger partial charge in [-0.1, -0.05) is 30.3 Å². The number of nitrogens with zero attached hydrogens (tertiary/aromatic N) is 1. The Kier molecular flexibility index (Phi) is 5.70. The fraction of sp³-hybridized carbons (Fsp3) is 0.385. The Balaban J connectivity index is 2.24. The molecule has 5 nitrogen and oxygen atoms in total. The summed E-state index contributed by atoms with van der Waals surface area (Å²) in [6, 6.07) is 9.36. The van der Waals surface area contributed by atoms with Crippen LogP contribution in [0.1, 0.15) is 12.5 Å². The highest BCUT2D eigenvalue weighted by atomic mass is 16.5. The minimum atomic E-state index is -0.586. The van der Waals surface area contributed by atoms with Gasteiger partial charge in [0.1, 0.15) is 13.2 Å². The van der Waals surface area contributed by atoms with Gasteiger partial charge in [0, 0.05) is 13.6 Å². The Bertz CT molecular complexity index is 392. The average molecular weight is 250 g/mol. The molecule has 0 fully saturated rings. The van der Waals surface area contributed by atoms with Gasteiger partial charge in [-0.25, -0.2) is 4.79 Å². The molecule has 0 saturated heterocycles. The number of likely N-dealkylation sites (N-methyl/N-ethyl adjacent to an activating group) is 1. The van der Waals surface area contributed by atoms with Crippen molar-refractivity contribution in [3.8, 4) is 0 Å². The summed E-state index contributed by atoms with van der Waals surface area (Å²) in [7, 11) is 1.68. The van der Waals surface area contributed by atoms with Crippen LogP contribution in [0.4, 0.5) is 4.79 Å². The summed E-state index contributed by atoms with van der Waals surface area (Å²) in [6.07, 6.45) is -0.586. The first-order chi connectivity index (χ1) is 8.63. The Hall–Kier alpha value is -2.04. The third-order valence-corrected chi connectivity index (χ3v) is 2.50. The summed E-state index contributed by atoms with van der Waals surface area (Å²) < 4.78 is 4.97. The van der Waals surface area contributed by atoms with Crippen molar-refractivity contribution in [3.63, 3.8) is 0 Å². The highest BCUT2D eigenvalue weighted by Crippen LogP contribution is 2.00. The lowest BCUT2D eigenvalue weighted by atomic mass is 10.2. The van der Waals surface area contributed by atoms with Gasteiger partial charge in [0.05, 0.1) is 0 Å². The molecule has 2 amide bonds. The zero-order chi connectivity index (χ0) is 13.4. The van der Waals surface area contributed by atoms with Gasteiger partial charge in [-0.2, -0.15) is 0 Å². The summed E-state index contributed by atoms with van der Waals surface area (Å²) in [5, 5.41) is 2.42. The van der Waals surface area contributed by atoms with E-state index in [1.165, 1.54) is 4.90 Å². The maximum atomic E-state index is 11.4. The Morgan fingerprint density at radius 3 is 2.56 bits per heavy atom. The predicted octanol–water partition coefficient (Wildman–Crippen LogP) is 1.39. The van der Waals surface area contributed by atoms with Crippen molar-refractivity contribution in [2.24, 2.45) is 0 Å². The second-order valence-electron chi connectivity index (χ2n) is 3.82. The zero-order valence-electron chi connectivity index (χ0n) is 10.7. The second-order valence-corrected chi connectivity index (χ2v) is 3.82. The van der Waals surface area contributed by atoms with Crippen LogP contribution < -0.4 is 5.32 Å². The number of ether oxygens (including phenoxy) is 1. The largest absolute Gasteiger partial charge is 0.445 e. The summed E-state index contributed by atoms with van der Waals surface area (Å²) >= 11 is 0. The molecular weight excluding hydrogens is 232 g/mol. The van der Waals surface area contributed by atoms with Crippen molar-refractivity contribution >= 4 is 12.0 Å². The van der Waals surface area contributed by atoms with E-state index >= 15 is 0 Å². The fourth-order valence-electron chi connectivity index (χ4n) is 1.23. The highest BCUT2D eigenvalue weighted by molar-refractivity contribution is 5.81. The molecule has 5 heteroatoms. The molecule has 0 saturated carbocycles. The molecular formula is C13H18N2O3. The van der Waals surface area contributed by atoms with Gasteiger partial charge < -0.3 is 15.0 Å². The molecule has 98 valence electrons. The van der Waals surface area contributed by atoms with Gasteiger partial charge in [-0.15, -0.1) is 0 Å². The first kappa shape index (κ1) is 14.0. The van der Waals surface area contributed by atoms with Crippen LogP contribution in [0.2, 0.25) is 0 Å². The lowest BCUT2D eigenvalue weighted by molar-refractivity contribution is -0.128. The average Bonchev–Trinajstić information content (AvgIpc) is 2.42. The molecule has 1 aromatic carbocycles. The lowest BCUT2D eigenvalue weighted by Crippen LogP contribution is -2.38. The van der Waals surface area contributed by atoms with Gasteiger partial charge in [0.15, 0.2) is 0 Å². The minimum Gasteiger partial charge on any atom is -0.445 e. The van der Waals surface area contributed by atoms with Gasteiger partial charge >= 0.3 is 6.09 Å². The predicted molar refractivity (Wildman–Crippen MR) is 67.9 cm³/mol. The Morgan fingerprint density at radius 1 is 1.28 bits per heavy atom. The van der Waals surface area contributed by atoms with E-state index in [-0.39, 0.29) is 19.1 Å². The summed E-state index contributed by atoms with van der Waals surface area (Å²) in [6.45, 7) is 2.63. The summed E-state index contributed by atoms with van der Waals surface area (Å²) in [5.74, 6) is -0.144. The number of alkyl carbamates (subject to hydrolysis) is 1. The molecule has 0 radical (unpaired) electrons. The van der Waals surface area contributed by atoms with E-state index in [4.69, 9.17) is 4.74 Å². The molecule has 0 aliphatic heterocycles. The third-order valence-electron chi connectivity index (χ3n) is 2.50. The smallest absolute Gasteiger partial charge is 0.407 e. The molecule has 1 aromatic rings.